The number of nitrogens with zero attached hydrogens (tertiary/aromatic N) is 4. The molecule has 1 aromatic heterocycles. The first-order valence-corrected chi connectivity index (χ1v) is 9.54. The summed E-state index contributed by atoms with van der Waals surface area (Å²) in [4.78, 5) is 26.3. The highest BCUT2D eigenvalue weighted by Gasteiger charge is 2.36. The van der Waals surface area contributed by atoms with Crippen molar-refractivity contribution >= 4 is 5.91 Å². The molecule has 2 atom stereocenters. The van der Waals surface area contributed by atoms with Gasteiger partial charge >= 0.3 is 0 Å². The van der Waals surface area contributed by atoms with Crippen molar-refractivity contribution in [3.05, 3.63) is 23.3 Å². The summed E-state index contributed by atoms with van der Waals surface area (Å²) in [6, 6.07) is 0.515. The number of aryl methyl sites for hydroxylation is 1. The zero-order valence-electron chi connectivity index (χ0n) is 14.7. The third-order valence-electron chi connectivity index (χ3n) is 6.07. The quantitative estimate of drug-likeness (QED) is 0.836. The lowest BCUT2D eigenvalue weighted by molar-refractivity contribution is -0.139. The maximum atomic E-state index is 13.0. The summed E-state index contributed by atoms with van der Waals surface area (Å²) in [5.74, 6) is 1.91. The highest BCUT2D eigenvalue weighted by molar-refractivity contribution is 5.78. The summed E-state index contributed by atoms with van der Waals surface area (Å²) in [6.07, 6.45) is 10.6. The molecule has 2 fully saturated rings. The second-order valence-corrected chi connectivity index (χ2v) is 7.69. The van der Waals surface area contributed by atoms with Gasteiger partial charge in [-0.05, 0) is 50.5 Å². The van der Waals surface area contributed by atoms with Crippen molar-refractivity contribution in [2.24, 2.45) is 5.92 Å². The molecule has 1 saturated carbocycles. The van der Waals surface area contributed by atoms with Crippen molar-refractivity contribution in [3.63, 3.8) is 0 Å². The fourth-order valence-corrected chi connectivity index (χ4v) is 4.81. The van der Waals surface area contributed by atoms with Crippen molar-refractivity contribution in [3.8, 4) is 0 Å². The first-order chi connectivity index (χ1) is 11.7. The van der Waals surface area contributed by atoms with E-state index >= 15 is 0 Å². The van der Waals surface area contributed by atoms with Crippen LogP contribution in [0.15, 0.2) is 6.20 Å². The molecule has 0 aromatic carbocycles. The molecule has 130 valence electrons. The van der Waals surface area contributed by atoms with Crippen molar-refractivity contribution < 1.29 is 4.79 Å². The van der Waals surface area contributed by atoms with Crippen LogP contribution in [0.1, 0.15) is 55.6 Å². The first-order valence-electron chi connectivity index (χ1n) is 9.54. The van der Waals surface area contributed by atoms with Gasteiger partial charge in [0.05, 0.1) is 12.2 Å². The van der Waals surface area contributed by atoms with Gasteiger partial charge in [0.25, 0.3) is 0 Å². The van der Waals surface area contributed by atoms with Gasteiger partial charge in [0.1, 0.15) is 5.82 Å². The topological polar surface area (TPSA) is 49.3 Å². The zero-order valence-corrected chi connectivity index (χ0v) is 14.7. The van der Waals surface area contributed by atoms with Crippen LogP contribution >= 0.6 is 0 Å². The number of carbonyl (C=O) groups excluding carboxylic acids is 1. The Labute approximate surface area is 144 Å². The van der Waals surface area contributed by atoms with Crippen LogP contribution in [0.4, 0.5) is 0 Å². The number of carbonyl (C=O) groups is 1. The van der Waals surface area contributed by atoms with E-state index in [0.717, 1.165) is 43.5 Å². The molecule has 1 aromatic rings. The molecule has 4 rings (SSSR count). The third-order valence-corrected chi connectivity index (χ3v) is 6.07. The molecule has 0 unspecified atom stereocenters. The normalized spacial score (nSPS) is 27.5. The maximum absolute atomic E-state index is 13.0. The van der Waals surface area contributed by atoms with E-state index in [-0.39, 0.29) is 0 Å². The van der Waals surface area contributed by atoms with Crippen molar-refractivity contribution in [1.29, 1.82) is 0 Å². The number of rotatable bonds is 2. The van der Waals surface area contributed by atoms with Crippen LogP contribution in [-0.4, -0.2) is 51.4 Å². The first kappa shape index (κ1) is 16.0. The van der Waals surface area contributed by atoms with Crippen LogP contribution in [0.3, 0.4) is 0 Å². The predicted molar refractivity (Wildman–Crippen MR) is 92.4 cm³/mol. The third kappa shape index (κ3) is 3.18. The van der Waals surface area contributed by atoms with Gasteiger partial charge < -0.3 is 4.90 Å². The molecular formula is C19H28N4O. The lowest BCUT2D eigenvalue weighted by Crippen LogP contribution is -2.52. The summed E-state index contributed by atoms with van der Waals surface area (Å²) in [6.45, 7) is 5.16. The maximum Gasteiger partial charge on any atom is 0.237 e. The van der Waals surface area contributed by atoms with Crippen molar-refractivity contribution in [1.82, 2.24) is 19.8 Å². The Morgan fingerprint density at radius 1 is 1.21 bits per heavy atom. The molecule has 0 radical (unpaired) electrons. The van der Waals surface area contributed by atoms with Crippen LogP contribution in [0.5, 0.6) is 0 Å². The smallest absolute Gasteiger partial charge is 0.237 e. The average Bonchev–Trinajstić information content (AvgIpc) is 2.61. The largest absolute Gasteiger partial charge is 0.338 e. The fraction of sp³-hybridized carbons (Fsp3) is 0.737. The average molecular weight is 328 g/mol. The minimum Gasteiger partial charge on any atom is -0.338 e. The highest BCUT2D eigenvalue weighted by atomic mass is 16.2. The molecule has 1 amide bonds. The van der Waals surface area contributed by atoms with Gasteiger partial charge in [0, 0.05) is 31.9 Å². The molecule has 2 aliphatic heterocycles. The lowest BCUT2D eigenvalue weighted by Gasteiger charge is -2.44. The summed E-state index contributed by atoms with van der Waals surface area (Å²) in [5, 5.41) is 0. The standard InChI is InChI=1S/C19H28N4O/c1-14-20-11-16-8-10-22(12-17(16)21-14)13-19(24)23-9-4-6-15-5-2-3-7-18(15)23/h11,15,18H,2-10,12-13H2,1H3/t15-,18+/m1/s1. The van der Waals surface area contributed by atoms with Gasteiger partial charge in [-0.25, -0.2) is 9.97 Å². The predicted octanol–water partition coefficient (Wildman–Crippen LogP) is 2.32. The van der Waals surface area contributed by atoms with E-state index in [2.05, 4.69) is 19.8 Å². The molecule has 1 aliphatic carbocycles. The van der Waals surface area contributed by atoms with E-state index in [4.69, 9.17) is 0 Å². The van der Waals surface area contributed by atoms with E-state index < -0.39 is 0 Å². The second kappa shape index (κ2) is 6.79. The van der Waals surface area contributed by atoms with Crippen molar-refractivity contribution in [2.75, 3.05) is 19.6 Å². The Balaban J connectivity index is 1.41. The summed E-state index contributed by atoms with van der Waals surface area (Å²) in [7, 11) is 0. The highest BCUT2D eigenvalue weighted by Crippen LogP contribution is 2.35. The van der Waals surface area contributed by atoms with E-state index in [1.807, 2.05) is 13.1 Å². The molecule has 0 N–H and O–H groups in total. The van der Waals surface area contributed by atoms with Gasteiger partial charge in [0.15, 0.2) is 0 Å². The fourth-order valence-electron chi connectivity index (χ4n) is 4.81. The molecule has 3 aliphatic rings. The van der Waals surface area contributed by atoms with Gasteiger partial charge in [-0.2, -0.15) is 0 Å². The van der Waals surface area contributed by atoms with Gasteiger partial charge in [-0.1, -0.05) is 12.8 Å². The second-order valence-electron chi connectivity index (χ2n) is 7.69. The Kier molecular flexibility index (Phi) is 4.53. The Hall–Kier alpha value is -1.49. The number of aromatic nitrogens is 2. The van der Waals surface area contributed by atoms with Crippen LogP contribution in [0, 0.1) is 12.8 Å². The molecule has 5 heteroatoms. The van der Waals surface area contributed by atoms with E-state index in [9.17, 15) is 4.79 Å². The summed E-state index contributed by atoms with van der Waals surface area (Å²) in [5.41, 5.74) is 2.35. The molecule has 3 heterocycles. The lowest BCUT2D eigenvalue weighted by atomic mass is 9.78. The summed E-state index contributed by atoms with van der Waals surface area (Å²) < 4.78 is 0. The molecule has 0 spiro atoms. The van der Waals surface area contributed by atoms with Crippen LogP contribution < -0.4 is 0 Å². The Morgan fingerprint density at radius 2 is 2.04 bits per heavy atom. The van der Waals surface area contributed by atoms with E-state index in [0.29, 0.717) is 18.5 Å². The number of amides is 1. The number of fused-ring (bicyclic) bond motifs is 2. The SMILES string of the molecule is Cc1ncc2c(n1)CN(CC(=O)N1CCC[C@H]3CCCC[C@@H]31)CC2. The number of hydrogen-bond donors (Lipinski definition) is 0. The van der Waals surface area contributed by atoms with Gasteiger partial charge in [-0.15, -0.1) is 0 Å². The minimum atomic E-state index is 0.334. The summed E-state index contributed by atoms with van der Waals surface area (Å²) >= 11 is 0. The van der Waals surface area contributed by atoms with Crippen LogP contribution in [-0.2, 0) is 17.8 Å². The van der Waals surface area contributed by atoms with Crippen LogP contribution in [0.25, 0.3) is 0 Å². The molecule has 24 heavy (non-hydrogen) atoms. The van der Waals surface area contributed by atoms with Crippen molar-refractivity contribution in [2.45, 2.75) is 64.5 Å². The van der Waals surface area contributed by atoms with E-state index in [1.165, 1.54) is 44.1 Å². The molecule has 5 nitrogen and oxygen atoms in total. The van der Waals surface area contributed by atoms with Gasteiger partial charge in [-0.3, -0.25) is 9.69 Å². The van der Waals surface area contributed by atoms with E-state index in [1.54, 1.807) is 0 Å². The Morgan fingerprint density at radius 3 is 2.96 bits per heavy atom. The number of likely N-dealkylation sites (tertiary alicyclic amines) is 1. The van der Waals surface area contributed by atoms with Gasteiger partial charge in [0.2, 0.25) is 5.91 Å². The molecular weight excluding hydrogens is 300 g/mol. The monoisotopic (exact) mass is 328 g/mol. The zero-order chi connectivity index (χ0) is 16.5. The van der Waals surface area contributed by atoms with Crippen LogP contribution in [0.2, 0.25) is 0 Å². The number of piperidine rings is 1. The molecule has 0 bridgehead atoms. The Bertz CT molecular complexity index is 615. The molecule has 1 saturated heterocycles. The minimum absolute atomic E-state index is 0.334. The number of hydrogen-bond acceptors (Lipinski definition) is 4.